The second-order valence-electron chi connectivity index (χ2n) is 8.60. The van der Waals surface area contributed by atoms with Gasteiger partial charge in [0.1, 0.15) is 5.82 Å². The first kappa shape index (κ1) is 26.2. The fourth-order valence-electron chi connectivity index (χ4n) is 3.44. The van der Waals surface area contributed by atoms with Crippen LogP contribution in [0, 0.1) is 0 Å². The van der Waals surface area contributed by atoms with Crippen LogP contribution in [0.2, 0.25) is 0 Å². The van der Waals surface area contributed by atoms with E-state index in [9.17, 15) is 13.9 Å². The molecule has 10 nitrogen and oxygen atoms in total. The van der Waals surface area contributed by atoms with E-state index in [2.05, 4.69) is 27.4 Å². The van der Waals surface area contributed by atoms with Crippen molar-refractivity contribution < 1.29 is 23.7 Å². The third-order valence-corrected chi connectivity index (χ3v) is 7.79. The lowest BCUT2D eigenvalue weighted by atomic mass is 10.2. The van der Waals surface area contributed by atoms with Gasteiger partial charge in [-0.15, -0.1) is 0 Å². The Morgan fingerprint density at radius 1 is 1.26 bits per heavy atom. The molecule has 0 unspecified atom stereocenters. The number of rotatable bonds is 9. The molecule has 2 amide bonds. The Morgan fingerprint density at radius 2 is 2.00 bits per heavy atom. The van der Waals surface area contributed by atoms with Crippen LogP contribution in [0.4, 0.5) is 16.3 Å². The van der Waals surface area contributed by atoms with Gasteiger partial charge in [0.05, 0.1) is 30.7 Å². The molecule has 0 saturated carbocycles. The molecule has 0 spiro atoms. The lowest BCUT2D eigenvalue weighted by Crippen LogP contribution is -2.44. The fraction of sp³-hybridized carbons (Fsp3) is 0.522. The van der Waals surface area contributed by atoms with Crippen molar-refractivity contribution in [2.75, 3.05) is 43.1 Å². The van der Waals surface area contributed by atoms with E-state index in [0.29, 0.717) is 49.9 Å². The van der Waals surface area contributed by atoms with Crippen molar-refractivity contribution in [2.45, 2.75) is 44.2 Å². The minimum absolute atomic E-state index is 0.0194. The molecular formula is C23H35N5O5S. The molecule has 188 valence electrons. The number of anilines is 2. The van der Waals surface area contributed by atoms with Gasteiger partial charge in [0.15, 0.2) is 5.82 Å². The Morgan fingerprint density at radius 3 is 2.65 bits per heavy atom. The molecule has 1 aromatic carbocycles. The Balaban J connectivity index is 1.86. The van der Waals surface area contributed by atoms with E-state index in [1.165, 1.54) is 0 Å². The predicted octanol–water partition coefficient (Wildman–Crippen LogP) is 3.53. The zero-order valence-electron chi connectivity index (χ0n) is 19.9. The summed E-state index contributed by atoms with van der Waals surface area (Å²) in [6.07, 6.45) is 0.492. The minimum Gasteiger partial charge on any atom is -0.396 e. The number of aliphatic hydroxyl groups is 1. The van der Waals surface area contributed by atoms with E-state index in [0.717, 1.165) is 11.4 Å². The number of hydrogen-bond donors (Lipinski definition) is 5. The van der Waals surface area contributed by atoms with Crippen LogP contribution in [-0.4, -0.2) is 74.4 Å². The maximum atomic E-state index is 11.9. The molecule has 0 radical (unpaired) electrons. The Kier molecular flexibility index (Phi) is 9.09. The Labute approximate surface area is 202 Å². The first-order valence-corrected chi connectivity index (χ1v) is 13.2. The summed E-state index contributed by atoms with van der Waals surface area (Å²) in [6.45, 7) is 7.92. The molecule has 0 bridgehead atoms. The van der Waals surface area contributed by atoms with E-state index in [1.807, 2.05) is 18.2 Å². The molecule has 34 heavy (non-hydrogen) atoms. The number of benzene rings is 1. The highest BCUT2D eigenvalue weighted by Gasteiger charge is 2.24. The third kappa shape index (κ3) is 7.03. The van der Waals surface area contributed by atoms with Crippen molar-refractivity contribution in [1.82, 2.24) is 15.3 Å². The van der Waals surface area contributed by atoms with Gasteiger partial charge in [0.25, 0.3) is 0 Å². The van der Waals surface area contributed by atoms with E-state index in [1.54, 1.807) is 26.0 Å². The second-order valence-corrected chi connectivity index (χ2v) is 11.3. The third-order valence-electron chi connectivity index (χ3n) is 5.56. The molecule has 2 aromatic rings. The smallest absolute Gasteiger partial charge is 0.319 e. The molecule has 11 heteroatoms. The van der Waals surface area contributed by atoms with Crippen molar-refractivity contribution in [3.05, 3.63) is 36.0 Å². The van der Waals surface area contributed by atoms with Gasteiger partial charge in [0, 0.05) is 42.3 Å². The van der Waals surface area contributed by atoms with Crippen LogP contribution >= 0.6 is 10.6 Å². The lowest BCUT2D eigenvalue weighted by Gasteiger charge is -2.37. The van der Waals surface area contributed by atoms with Crippen LogP contribution in [0.15, 0.2) is 30.3 Å². The number of nitrogens with zero attached hydrogens (tertiary/aromatic N) is 3. The molecule has 1 aromatic heterocycles. The van der Waals surface area contributed by atoms with Gasteiger partial charge in [-0.1, -0.05) is 0 Å². The maximum Gasteiger partial charge on any atom is 0.319 e. The largest absolute Gasteiger partial charge is 0.396 e. The van der Waals surface area contributed by atoms with Crippen LogP contribution in [0.1, 0.15) is 32.9 Å². The van der Waals surface area contributed by atoms with E-state index in [4.69, 9.17) is 14.8 Å². The van der Waals surface area contributed by atoms with Crippen molar-refractivity contribution in [2.24, 2.45) is 0 Å². The molecule has 1 fully saturated rings. The number of morpholine rings is 1. The summed E-state index contributed by atoms with van der Waals surface area (Å²) in [5.74, 6) is 1.25. The number of ether oxygens (including phenoxy) is 1. The van der Waals surface area contributed by atoms with Crippen molar-refractivity contribution in [3.63, 3.8) is 0 Å². The topological polar surface area (TPSA) is 140 Å². The first-order valence-electron chi connectivity index (χ1n) is 11.4. The van der Waals surface area contributed by atoms with Crippen LogP contribution in [0.5, 0.6) is 0 Å². The minimum atomic E-state index is -2.84. The molecule has 1 aliphatic rings. The molecule has 1 aliphatic heterocycles. The molecule has 5 N–H and O–H groups in total. The van der Waals surface area contributed by atoms with Crippen LogP contribution in [0.3, 0.4) is 0 Å². The summed E-state index contributed by atoms with van der Waals surface area (Å²) in [6, 6.07) is 8.76. The van der Waals surface area contributed by atoms with Crippen molar-refractivity contribution in [3.8, 4) is 11.4 Å². The van der Waals surface area contributed by atoms with Gasteiger partial charge >= 0.3 is 6.03 Å². The standard InChI is InChI=1S/C23H35N5O5S/c1-16(2)34(31,32)15-20-13-21(28-10-12-33-14-17(28)3)27-22(25-20)18-5-7-19(8-6-18)26-23(30)24-9-4-11-29/h5-8,13,16-17,29,31-32H,4,9-12,14-15H2,1-3H3,(H2,24,26,30)/t17-/m0/s1. The van der Waals surface area contributed by atoms with Crippen molar-refractivity contribution in [1.29, 1.82) is 0 Å². The molecule has 1 saturated heterocycles. The SMILES string of the molecule is CC(C)S(O)(O)Cc1cc(N2CCOC[C@@H]2C)nc(-c2ccc(NC(=O)NCCCO)cc2)n1. The lowest BCUT2D eigenvalue weighted by molar-refractivity contribution is 0.0985. The highest BCUT2D eigenvalue weighted by molar-refractivity contribution is 8.24. The first-order chi connectivity index (χ1) is 16.2. The van der Waals surface area contributed by atoms with Gasteiger partial charge in [-0.2, -0.15) is 10.6 Å². The van der Waals surface area contributed by atoms with Gasteiger partial charge in [-0.3, -0.25) is 9.11 Å². The number of carbonyl (C=O) groups is 1. The summed E-state index contributed by atoms with van der Waals surface area (Å²) in [5.41, 5.74) is 1.92. The molecule has 3 rings (SSSR count). The van der Waals surface area contributed by atoms with Gasteiger partial charge in [-0.05, 0) is 51.5 Å². The van der Waals surface area contributed by atoms with Gasteiger partial charge in [0.2, 0.25) is 0 Å². The van der Waals surface area contributed by atoms with Crippen LogP contribution in [-0.2, 0) is 10.5 Å². The van der Waals surface area contributed by atoms with E-state index >= 15 is 0 Å². The number of urea groups is 1. The summed E-state index contributed by atoms with van der Waals surface area (Å²) in [7, 11) is -2.84. The fourth-order valence-corrected chi connectivity index (χ4v) is 4.36. The average molecular weight is 494 g/mol. The summed E-state index contributed by atoms with van der Waals surface area (Å²) in [5, 5.41) is 13.9. The van der Waals surface area contributed by atoms with E-state index in [-0.39, 0.29) is 29.7 Å². The molecule has 2 heterocycles. The van der Waals surface area contributed by atoms with E-state index < -0.39 is 10.6 Å². The van der Waals surface area contributed by atoms with Crippen LogP contribution in [0.25, 0.3) is 11.4 Å². The number of nitrogens with one attached hydrogen (secondary N) is 2. The zero-order chi connectivity index (χ0) is 24.7. The molecule has 0 aliphatic carbocycles. The molecular weight excluding hydrogens is 458 g/mol. The van der Waals surface area contributed by atoms with Crippen molar-refractivity contribution >= 4 is 28.1 Å². The highest BCUT2D eigenvalue weighted by Crippen LogP contribution is 2.47. The van der Waals surface area contributed by atoms with Gasteiger partial charge < -0.3 is 25.4 Å². The monoisotopic (exact) mass is 493 g/mol. The highest BCUT2D eigenvalue weighted by atomic mass is 32.3. The summed E-state index contributed by atoms with van der Waals surface area (Å²) < 4.78 is 26.6. The Bertz CT molecular complexity index is 957. The number of aliphatic hydroxyl groups excluding tert-OH is 1. The van der Waals surface area contributed by atoms with Gasteiger partial charge in [-0.25, -0.2) is 14.8 Å². The average Bonchev–Trinajstić information content (AvgIpc) is 2.79. The number of hydrogen-bond acceptors (Lipinski definition) is 8. The number of carbonyl (C=O) groups excluding carboxylic acids is 1. The maximum absolute atomic E-state index is 11.9. The second kappa shape index (κ2) is 11.8. The summed E-state index contributed by atoms with van der Waals surface area (Å²) >= 11 is 0. The zero-order valence-corrected chi connectivity index (χ0v) is 20.7. The number of aromatic nitrogens is 2. The molecule has 1 atom stereocenters. The summed E-state index contributed by atoms with van der Waals surface area (Å²) in [4.78, 5) is 23.5. The number of amides is 2. The normalized spacial score (nSPS) is 17.0. The Hall–Kier alpha value is -2.44. The predicted molar refractivity (Wildman–Crippen MR) is 136 cm³/mol. The quantitative estimate of drug-likeness (QED) is 0.334. The van der Waals surface area contributed by atoms with Crippen LogP contribution < -0.4 is 15.5 Å².